The first kappa shape index (κ1) is 30.3. The zero-order valence-electron chi connectivity index (χ0n) is 25.6. The normalized spacial score (nSPS) is 12.6. The third kappa shape index (κ3) is 6.91. The quantitative estimate of drug-likeness (QED) is 0.210. The number of pyridine rings is 2. The number of imide groups is 1. The number of carbonyl (C=O) groups excluding carboxylic acids is 2. The van der Waals surface area contributed by atoms with E-state index in [-0.39, 0.29) is 17.8 Å². The third-order valence-electron chi connectivity index (χ3n) is 6.43. The molecule has 4 heterocycles. The van der Waals surface area contributed by atoms with Crippen LogP contribution >= 0.6 is 0 Å². The van der Waals surface area contributed by atoms with E-state index in [0.29, 0.717) is 10.5 Å². The molecule has 0 N–H and O–H groups in total. The van der Waals surface area contributed by atoms with Crippen molar-refractivity contribution >= 4 is 23.8 Å². The highest BCUT2D eigenvalue weighted by Gasteiger charge is 2.35. The van der Waals surface area contributed by atoms with Crippen molar-refractivity contribution in [2.45, 2.75) is 65.7 Å². The largest absolute Gasteiger partial charge is 0.443 e. The molecule has 0 radical (unpaired) electrons. The summed E-state index contributed by atoms with van der Waals surface area (Å²) in [5, 5.41) is 8.87. The van der Waals surface area contributed by atoms with Crippen LogP contribution in [0.15, 0.2) is 73.4 Å². The predicted molar refractivity (Wildman–Crippen MR) is 163 cm³/mol. The second kappa shape index (κ2) is 11.5. The van der Waals surface area contributed by atoms with Crippen molar-refractivity contribution in [3.63, 3.8) is 0 Å². The standard InChI is InChI=1S/C32H34FN7O4/c1-20(21-8-10-26(33)11-9-21)39-19-25(18-35-39)24-14-23(16-34-17-24)22-12-13-38-27(15-22)36-28(37-38)40(29(41)43-31(2,3)4)30(42)44-32(5,6)7/h8-20H,1-7H3/t20-/m1/s1. The Kier molecular flexibility index (Phi) is 7.94. The molecule has 5 rings (SSSR count). The average Bonchev–Trinajstić information content (AvgIpc) is 3.58. The maximum absolute atomic E-state index is 13.4. The van der Waals surface area contributed by atoms with Gasteiger partial charge in [-0.3, -0.25) is 9.67 Å². The lowest BCUT2D eigenvalue weighted by Crippen LogP contribution is -2.44. The van der Waals surface area contributed by atoms with E-state index < -0.39 is 23.4 Å². The van der Waals surface area contributed by atoms with Crippen LogP contribution in [0, 0.1) is 5.82 Å². The van der Waals surface area contributed by atoms with Gasteiger partial charge in [0.2, 0.25) is 0 Å². The molecule has 0 unspecified atom stereocenters. The molecule has 44 heavy (non-hydrogen) atoms. The molecule has 1 atom stereocenters. The number of rotatable bonds is 5. The number of carbonyl (C=O) groups is 2. The summed E-state index contributed by atoms with van der Waals surface area (Å²) in [4.78, 5) is 35.7. The van der Waals surface area contributed by atoms with Gasteiger partial charge < -0.3 is 9.47 Å². The van der Waals surface area contributed by atoms with E-state index in [1.165, 1.54) is 16.6 Å². The van der Waals surface area contributed by atoms with Crippen LogP contribution in [0.5, 0.6) is 0 Å². The number of hydrogen-bond acceptors (Lipinski definition) is 8. The molecule has 1 aromatic carbocycles. The fourth-order valence-corrected chi connectivity index (χ4v) is 4.35. The van der Waals surface area contributed by atoms with Gasteiger partial charge in [-0.1, -0.05) is 12.1 Å². The first-order chi connectivity index (χ1) is 20.7. The maximum Gasteiger partial charge on any atom is 0.427 e. The summed E-state index contributed by atoms with van der Waals surface area (Å²) < 4.78 is 27.5. The van der Waals surface area contributed by atoms with Crippen molar-refractivity contribution in [1.82, 2.24) is 29.4 Å². The molecule has 0 bridgehead atoms. The van der Waals surface area contributed by atoms with Crippen LogP contribution in [0.2, 0.25) is 0 Å². The Morgan fingerprint density at radius 1 is 0.841 bits per heavy atom. The van der Waals surface area contributed by atoms with Crippen molar-refractivity contribution in [3.05, 3.63) is 84.8 Å². The van der Waals surface area contributed by atoms with Gasteiger partial charge >= 0.3 is 12.2 Å². The lowest BCUT2D eigenvalue weighted by atomic mass is 10.0. The summed E-state index contributed by atoms with van der Waals surface area (Å²) in [6.45, 7) is 12.2. The van der Waals surface area contributed by atoms with Gasteiger partial charge in [0, 0.05) is 41.5 Å². The van der Waals surface area contributed by atoms with Gasteiger partial charge in [0.1, 0.15) is 17.0 Å². The molecule has 0 aliphatic carbocycles. The molecule has 12 heteroatoms. The highest BCUT2D eigenvalue weighted by molar-refractivity contribution is 6.08. The first-order valence-corrected chi connectivity index (χ1v) is 14.0. The molecular formula is C32H34FN7O4. The van der Waals surface area contributed by atoms with Gasteiger partial charge in [0.05, 0.1) is 12.2 Å². The van der Waals surface area contributed by atoms with Crippen LogP contribution in [0.3, 0.4) is 0 Å². The van der Waals surface area contributed by atoms with Crippen LogP contribution in [0.25, 0.3) is 27.9 Å². The van der Waals surface area contributed by atoms with E-state index in [0.717, 1.165) is 27.8 Å². The second-order valence-corrected chi connectivity index (χ2v) is 12.3. The number of aromatic nitrogens is 6. The SMILES string of the molecule is C[C@H](c1ccc(F)cc1)n1cc(-c2cncc(-c3ccn4nc(N(C(=O)OC(C)(C)C)C(=O)OC(C)(C)C)nc4c3)c2)cn1. The smallest absolute Gasteiger partial charge is 0.427 e. The van der Waals surface area contributed by atoms with Crippen LogP contribution < -0.4 is 4.90 Å². The van der Waals surface area contributed by atoms with E-state index in [1.54, 1.807) is 84.5 Å². The summed E-state index contributed by atoms with van der Waals surface area (Å²) in [6, 6.07) is 11.9. The molecule has 0 saturated heterocycles. The lowest BCUT2D eigenvalue weighted by Gasteiger charge is -2.26. The highest BCUT2D eigenvalue weighted by atomic mass is 19.1. The summed E-state index contributed by atoms with van der Waals surface area (Å²) in [5.41, 5.74) is 2.91. The van der Waals surface area contributed by atoms with E-state index >= 15 is 0 Å². The minimum Gasteiger partial charge on any atom is -0.443 e. The summed E-state index contributed by atoms with van der Waals surface area (Å²) >= 11 is 0. The average molecular weight is 600 g/mol. The molecule has 0 fully saturated rings. The zero-order chi connectivity index (χ0) is 31.8. The van der Waals surface area contributed by atoms with Gasteiger partial charge in [-0.05, 0) is 89.9 Å². The number of ether oxygens (including phenoxy) is 2. The van der Waals surface area contributed by atoms with Crippen LogP contribution in [0.1, 0.15) is 60.1 Å². The zero-order valence-corrected chi connectivity index (χ0v) is 25.6. The summed E-state index contributed by atoms with van der Waals surface area (Å²) in [7, 11) is 0. The topological polar surface area (TPSA) is 117 Å². The van der Waals surface area contributed by atoms with Crippen molar-refractivity contribution in [1.29, 1.82) is 0 Å². The van der Waals surface area contributed by atoms with Gasteiger partial charge in [-0.25, -0.2) is 18.5 Å². The van der Waals surface area contributed by atoms with E-state index in [2.05, 4.69) is 20.2 Å². The molecule has 0 spiro atoms. The van der Waals surface area contributed by atoms with Crippen molar-refractivity contribution in [3.8, 4) is 22.3 Å². The predicted octanol–water partition coefficient (Wildman–Crippen LogP) is 7.08. The van der Waals surface area contributed by atoms with E-state index in [1.807, 2.05) is 29.9 Å². The minimum absolute atomic E-state index is 0.0917. The van der Waals surface area contributed by atoms with E-state index in [9.17, 15) is 14.0 Å². The molecule has 2 amide bonds. The fraction of sp³-hybridized carbons (Fsp3) is 0.312. The number of amides is 2. The fourth-order valence-electron chi connectivity index (χ4n) is 4.35. The number of nitrogens with zero attached hydrogens (tertiary/aromatic N) is 7. The molecule has 0 aliphatic rings. The molecule has 228 valence electrons. The molecule has 11 nitrogen and oxygen atoms in total. The number of halogens is 1. The van der Waals surface area contributed by atoms with E-state index in [4.69, 9.17) is 9.47 Å². The summed E-state index contributed by atoms with van der Waals surface area (Å²) in [5.74, 6) is -0.464. The second-order valence-electron chi connectivity index (χ2n) is 12.3. The van der Waals surface area contributed by atoms with Gasteiger partial charge in [0.25, 0.3) is 5.95 Å². The Hall–Kier alpha value is -5.13. The Balaban J connectivity index is 1.43. The monoisotopic (exact) mass is 599 g/mol. The number of fused-ring (bicyclic) bond motifs is 1. The Bertz CT molecular complexity index is 1790. The van der Waals surface area contributed by atoms with Crippen LogP contribution in [-0.4, -0.2) is 52.8 Å². The minimum atomic E-state index is -0.950. The summed E-state index contributed by atoms with van der Waals surface area (Å²) in [6.07, 6.45) is 6.94. The number of benzene rings is 1. The Morgan fingerprint density at radius 2 is 1.45 bits per heavy atom. The lowest BCUT2D eigenvalue weighted by molar-refractivity contribution is 0.0427. The van der Waals surface area contributed by atoms with Gasteiger partial charge in [-0.15, -0.1) is 10.00 Å². The molecule has 0 aliphatic heterocycles. The molecular weight excluding hydrogens is 565 g/mol. The molecule has 5 aromatic rings. The van der Waals surface area contributed by atoms with Crippen LogP contribution in [0.4, 0.5) is 19.9 Å². The molecule has 4 aromatic heterocycles. The van der Waals surface area contributed by atoms with Gasteiger partial charge in [0.15, 0.2) is 5.65 Å². The Labute approximate surface area is 254 Å². The number of anilines is 1. The van der Waals surface area contributed by atoms with Crippen LogP contribution in [-0.2, 0) is 9.47 Å². The van der Waals surface area contributed by atoms with Crippen molar-refractivity contribution in [2.75, 3.05) is 4.90 Å². The third-order valence-corrected chi connectivity index (χ3v) is 6.43. The maximum atomic E-state index is 13.4. The highest BCUT2D eigenvalue weighted by Crippen LogP contribution is 2.28. The first-order valence-electron chi connectivity index (χ1n) is 14.0. The van der Waals surface area contributed by atoms with Crippen molar-refractivity contribution < 1.29 is 23.5 Å². The van der Waals surface area contributed by atoms with Crippen molar-refractivity contribution in [2.24, 2.45) is 0 Å². The molecule has 0 saturated carbocycles. The Morgan fingerprint density at radius 3 is 2.07 bits per heavy atom. The van der Waals surface area contributed by atoms with Gasteiger partial charge in [-0.2, -0.15) is 10.1 Å². The number of hydrogen-bond donors (Lipinski definition) is 0.